The number of aromatic nitrogens is 6. The highest BCUT2D eigenvalue weighted by Crippen LogP contribution is 2.46. The molecule has 2 aromatic carbocycles. The van der Waals surface area contributed by atoms with Crippen LogP contribution in [0.1, 0.15) is 106 Å². The second-order valence-corrected chi connectivity index (χ2v) is 21.3. The Morgan fingerprint density at radius 3 is 2.47 bits per heavy atom. The van der Waals surface area contributed by atoms with Crippen molar-refractivity contribution in [1.29, 1.82) is 5.26 Å². The van der Waals surface area contributed by atoms with Gasteiger partial charge in [0.05, 0.1) is 29.4 Å². The number of carbonyl (C=O) groups is 1. The number of fused-ring (bicyclic) bond motifs is 2. The number of nitriles is 1. The Bertz CT molecular complexity index is 2670. The lowest BCUT2D eigenvalue weighted by Crippen LogP contribution is -2.42. The molecule has 14 nitrogen and oxygen atoms in total. The van der Waals surface area contributed by atoms with E-state index >= 15 is 0 Å². The zero-order valence-corrected chi connectivity index (χ0v) is 40.7. The summed E-state index contributed by atoms with van der Waals surface area (Å²) in [7, 11) is 1.96. The Morgan fingerprint density at radius 2 is 1.75 bits per heavy atom. The molecule has 5 aromatic rings. The number of nitrogens with zero attached hydrogens (tertiary/aromatic N) is 12. The Kier molecular flexibility index (Phi) is 12.3. The zero-order valence-electron chi connectivity index (χ0n) is 40.0. The van der Waals surface area contributed by atoms with Crippen LogP contribution in [0, 0.1) is 22.7 Å². The molecule has 15 heteroatoms. The summed E-state index contributed by atoms with van der Waals surface area (Å²) < 4.78 is 10.7. The first-order valence-electron chi connectivity index (χ1n) is 25.3. The van der Waals surface area contributed by atoms with Crippen LogP contribution in [-0.4, -0.2) is 110 Å². The van der Waals surface area contributed by atoms with Gasteiger partial charge in [0, 0.05) is 119 Å². The average molecular weight is 938 g/mol. The van der Waals surface area contributed by atoms with E-state index in [1.54, 1.807) is 6.92 Å². The summed E-state index contributed by atoms with van der Waals surface area (Å²) in [4.78, 5) is 24.6. The fourth-order valence-electron chi connectivity index (χ4n) is 12.7. The highest BCUT2D eigenvalue weighted by atomic mass is 35.5. The highest BCUT2D eigenvalue weighted by molar-refractivity contribution is 6.32. The lowest BCUT2D eigenvalue weighted by Gasteiger charge is -2.39. The predicted molar refractivity (Wildman–Crippen MR) is 266 cm³/mol. The number of carbonyl (C=O) groups excluding carboxylic acids is 1. The third-order valence-corrected chi connectivity index (χ3v) is 16.8. The summed E-state index contributed by atoms with van der Waals surface area (Å²) in [6.07, 6.45) is 17.1. The first-order valence-corrected chi connectivity index (χ1v) is 25.7. The molecule has 0 bridgehead atoms. The summed E-state index contributed by atoms with van der Waals surface area (Å²) in [5.74, 6) is 3.41. The van der Waals surface area contributed by atoms with E-state index in [0.717, 1.165) is 139 Å². The van der Waals surface area contributed by atoms with E-state index in [1.165, 1.54) is 40.9 Å². The van der Waals surface area contributed by atoms with E-state index in [4.69, 9.17) is 21.4 Å². The summed E-state index contributed by atoms with van der Waals surface area (Å²) in [6, 6.07) is 19.7. The molecule has 1 atom stereocenters. The normalized spacial score (nSPS) is 23.1. The topological polar surface area (TPSA) is 128 Å². The van der Waals surface area contributed by atoms with Crippen LogP contribution in [0.3, 0.4) is 0 Å². The smallest absolute Gasteiger partial charge is 0.233 e. The lowest BCUT2D eigenvalue weighted by molar-refractivity contribution is -0.129. The van der Waals surface area contributed by atoms with Gasteiger partial charge >= 0.3 is 0 Å². The monoisotopic (exact) mass is 937 g/mol. The van der Waals surface area contributed by atoms with E-state index in [9.17, 15) is 10.1 Å². The van der Waals surface area contributed by atoms with Crippen molar-refractivity contribution in [2.75, 3.05) is 67.1 Å². The first kappa shape index (κ1) is 44.8. The summed E-state index contributed by atoms with van der Waals surface area (Å²) >= 11 is 6.41. The molecule has 1 aliphatic carbocycles. The van der Waals surface area contributed by atoms with Crippen LogP contribution in [0.4, 0.5) is 23.0 Å². The van der Waals surface area contributed by atoms with Crippen LogP contribution >= 0.6 is 11.6 Å². The van der Waals surface area contributed by atoms with Gasteiger partial charge in [-0.2, -0.15) is 15.5 Å². The molecule has 4 fully saturated rings. The fraction of sp³-hybridized carbons (Fsp3) is 0.547. The van der Waals surface area contributed by atoms with Gasteiger partial charge < -0.3 is 29.2 Å². The van der Waals surface area contributed by atoms with E-state index in [1.807, 2.05) is 47.1 Å². The number of amides is 1. The molecule has 0 unspecified atom stereocenters. The van der Waals surface area contributed by atoms with Crippen LogP contribution in [0.15, 0.2) is 60.9 Å². The molecular weight excluding hydrogens is 872 g/mol. The SMILES string of the molecule is CC(=O)N1CCc2c(c(N3CCCc4cc(-c5cnn(C)c5)ccc43)nn2C2CCN(CC3CCC(Oc4ccc(N5CCC6(CC5)C[C@H](C)N(c5ccc(C#N)c(Cl)c5)C6)nn4)CC3)CC2)C1. The molecule has 1 amide bonds. The number of benzene rings is 2. The second kappa shape index (κ2) is 18.7. The molecule has 5 aliphatic heterocycles. The number of hydrogen-bond donors (Lipinski definition) is 0. The number of rotatable bonds is 9. The number of aryl methyl sites for hydroxylation is 2. The molecule has 356 valence electrons. The minimum atomic E-state index is 0.134. The highest BCUT2D eigenvalue weighted by Gasteiger charge is 2.44. The Morgan fingerprint density at radius 1 is 0.926 bits per heavy atom. The summed E-state index contributed by atoms with van der Waals surface area (Å²) in [5.41, 5.74) is 9.37. The van der Waals surface area contributed by atoms with Gasteiger partial charge in [-0.05, 0) is 136 Å². The average Bonchev–Trinajstić information content (AvgIpc) is 4.07. The molecular formula is C53H65ClN12O2. The minimum absolute atomic E-state index is 0.134. The molecule has 0 radical (unpaired) electrons. The van der Waals surface area contributed by atoms with Crippen molar-refractivity contribution in [3.63, 3.8) is 0 Å². The fourth-order valence-corrected chi connectivity index (χ4v) is 12.9. The van der Waals surface area contributed by atoms with Gasteiger partial charge in [-0.1, -0.05) is 17.7 Å². The first-order chi connectivity index (χ1) is 33.1. The van der Waals surface area contributed by atoms with Gasteiger partial charge in [-0.3, -0.25) is 14.2 Å². The van der Waals surface area contributed by atoms with E-state index in [2.05, 4.69) is 83.0 Å². The van der Waals surface area contributed by atoms with Gasteiger partial charge in [0.25, 0.3) is 0 Å². The molecule has 1 spiro atoms. The van der Waals surface area contributed by atoms with Gasteiger partial charge in [0.15, 0.2) is 11.6 Å². The van der Waals surface area contributed by atoms with E-state index in [-0.39, 0.29) is 17.4 Å². The molecule has 6 aliphatic rings. The lowest BCUT2D eigenvalue weighted by atomic mass is 9.77. The molecule has 68 heavy (non-hydrogen) atoms. The molecule has 3 saturated heterocycles. The Balaban J connectivity index is 0.660. The quantitative estimate of drug-likeness (QED) is 0.141. The van der Waals surface area contributed by atoms with Crippen LogP contribution in [0.5, 0.6) is 5.88 Å². The maximum Gasteiger partial charge on any atom is 0.233 e. The number of ether oxygens (including phenoxy) is 1. The molecule has 8 heterocycles. The zero-order chi connectivity index (χ0) is 46.5. The number of anilines is 4. The molecule has 3 aromatic heterocycles. The molecule has 11 rings (SSSR count). The Labute approximate surface area is 405 Å². The third kappa shape index (κ3) is 8.92. The molecule has 1 saturated carbocycles. The van der Waals surface area contributed by atoms with Crippen LogP contribution in [0.2, 0.25) is 5.02 Å². The van der Waals surface area contributed by atoms with Crippen molar-refractivity contribution in [2.24, 2.45) is 18.4 Å². The largest absolute Gasteiger partial charge is 0.473 e. The number of likely N-dealkylation sites (tertiary alicyclic amines) is 1. The van der Waals surface area contributed by atoms with Crippen LogP contribution in [-0.2, 0) is 31.2 Å². The van der Waals surface area contributed by atoms with Crippen molar-refractivity contribution in [3.8, 4) is 23.1 Å². The van der Waals surface area contributed by atoms with Crippen molar-refractivity contribution in [1.82, 2.24) is 39.6 Å². The summed E-state index contributed by atoms with van der Waals surface area (Å²) in [6.45, 7) is 12.5. The summed E-state index contributed by atoms with van der Waals surface area (Å²) in [5, 5.41) is 29.0. The maximum atomic E-state index is 12.7. The van der Waals surface area contributed by atoms with Gasteiger partial charge in [0.2, 0.25) is 11.8 Å². The maximum absolute atomic E-state index is 12.7. The van der Waals surface area contributed by atoms with E-state index in [0.29, 0.717) is 41.0 Å². The third-order valence-electron chi connectivity index (χ3n) is 16.4. The predicted octanol–water partition coefficient (Wildman–Crippen LogP) is 8.75. The second-order valence-electron chi connectivity index (χ2n) is 20.9. The number of piperidine rings is 2. The van der Waals surface area contributed by atoms with Crippen molar-refractivity contribution < 1.29 is 9.53 Å². The number of halogens is 1. The Hall–Kier alpha value is -5.65. The van der Waals surface area contributed by atoms with Crippen LogP contribution in [0.25, 0.3) is 11.1 Å². The van der Waals surface area contributed by atoms with Crippen molar-refractivity contribution >= 4 is 40.5 Å². The standard InChI is InChI=1S/C53H65ClN12O2/c1-36-29-53(35-65(36)44-10-8-41(30-55)47(54)28-44)19-25-62(26-20-53)50-14-15-51(58-57-50)68-45-11-6-38(7-12-45)32-61-22-16-43(17-23-61)66-49-18-24-63(37(2)67)34-46(49)52(59-66)64-21-4-5-40-27-39(9-13-48(40)64)42-31-56-60(3)33-42/h8-10,13-15,27-28,31,33,36,38,43,45H,4-7,11-12,16-26,29,32,34-35H2,1-3H3/t36-,38?,45?/m0/s1. The van der Waals surface area contributed by atoms with Crippen molar-refractivity contribution in [3.05, 3.63) is 88.3 Å². The molecule has 0 N–H and O–H groups in total. The van der Waals surface area contributed by atoms with Crippen LogP contribution < -0.4 is 19.4 Å². The van der Waals surface area contributed by atoms with E-state index < -0.39 is 0 Å². The van der Waals surface area contributed by atoms with Gasteiger partial charge in [-0.15, -0.1) is 10.2 Å². The van der Waals surface area contributed by atoms with Gasteiger partial charge in [0.1, 0.15) is 12.2 Å². The van der Waals surface area contributed by atoms with Gasteiger partial charge in [-0.25, -0.2) is 0 Å². The minimum Gasteiger partial charge on any atom is -0.473 e. The number of hydrogen-bond acceptors (Lipinski definition) is 11. The van der Waals surface area contributed by atoms with Crippen molar-refractivity contribution in [2.45, 2.75) is 116 Å².